The standard InChI is InChI=1S/C12H22N2O3/c1-8(12(13)16)4-5-11(15)14-6-9(2)17-10(3)7-14/h8-10H,4-7H2,1-3H3,(H2,13,16)/t8?,9-,10?/m0/s1. The normalized spacial score (nSPS) is 26.6. The van der Waals surface area contributed by atoms with Crippen LogP contribution in [0.2, 0.25) is 0 Å². The van der Waals surface area contributed by atoms with Crippen LogP contribution in [-0.2, 0) is 14.3 Å². The highest BCUT2D eigenvalue weighted by Gasteiger charge is 2.26. The molecular formula is C12H22N2O3. The quantitative estimate of drug-likeness (QED) is 0.781. The molecular weight excluding hydrogens is 220 g/mol. The first-order chi connectivity index (χ1) is 7.90. The molecule has 0 aromatic rings. The number of morpholine rings is 1. The Morgan fingerprint density at radius 3 is 2.35 bits per heavy atom. The molecule has 0 aliphatic carbocycles. The Bertz CT molecular complexity index is 283. The van der Waals surface area contributed by atoms with Crippen LogP contribution >= 0.6 is 0 Å². The zero-order valence-corrected chi connectivity index (χ0v) is 10.8. The van der Waals surface area contributed by atoms with Gasteiger partial charge < -0.3 is 15.4 Å². The van der Waals surface area contributed by atoms with Gasteiger partial charge in [0.1, 0.15) is 0 Å². The minimum Gasteiger partial charge on any atom is -0.372 e. The predicted octanol–water partition coefficient (Wildman–Crippen LogP) is 0.524. The fraction of sp³-hybridized carbons (Fsp3) is 0.833. The first-order valence-electron chi connectivity index (χ1n) is 6.12. The Kier molecular flexibility index (Phi) is 4.93. The number of rotatable bonds is 4. The first kappa shape index (κ1) is 14.0. The van der Waals surface area contributed by atoms with Crippen molar-refractivity contribution in [3.8, 4) is 0 Å². The van der Waals surface area contributed by atoms with Crippen molar-refractivity contribution in [2.24, 2.45) is 11.7 Å². The molecule has 98 valence electrons. The largest absolute Gasteiger partial charge is 0.372 e. The first-order valence-corrected chi connectivity index (χ1v) is 6.12. The zero-order chi connectivity index (χ0) is 13.0. The highest BCUT2D eigenvalue weighted by molar-refractivity contribution is 5.79. The minimum absolute atomic E-state index is 0.0799. The third-order valence-corrected chi connectivity index (χ3v) is 3.05. The van der Waals surface area contributed by atoms with Gasteiger partial charge in [-0.1, -0.05) is 6.92 Å². The molecule has 0 aromatic heterocycles. The Hall–Kier alpha value is -1.10. The summed E-state index contributed by atoms with van der Waals surface area (Å²) in [4.78, 5) is 24.6. The van der Waals surface area contributed by atoms with Gasteiger partial charge in [-0.25, -0.2) is 0 Å². The van der Waals surface area contributed by atoms with Crippen LogP contribution in [0.25, 0.3) is 0 Å². The molecule has 0 radical (unpaired) electrons. The van der Waals surface area contributed by atoms with Crippen LogP contribution in [0.3, 0.4) is 0 Å². The maximum Gasteiger partial charge on any atom is 0.222 e. The van der Waals surface area contributed by atoms with E-state index in [4.69, 9.17) is 10.5 Å². The lowest BCUT2D eigenvalue weighted by Crippen LogP contribution is -2.48. The maximum atomic E-state index is 11.9. The minimum atomic E-state index is -0.346. The van der Waals surface area contributed by atoms with Crippen LogP contribution in [0, 0.1) is 5.92 Å². The molecule has 0 bridgehead atoms. The van der Waals surface area contributed by atoms with Crippen LogP contribution < -0.4 is 5.73 Å². The molecule has 2 unspecified atom stereocenters. The van der Waals surface area contributed by atoms with Crippen LogP contribution in [0.4, 0.5) is 0 Å². The second-order valence-corrected chi connectivity index (χ2v) is 4.90. The molecule has 1 aliphatic rings. The molecule has 5 heteroatoms. The summed E-state index contributed by atoms with van der Waals surface area (Å²) in [6, 6.07) is 0. The van der Waals surface area contributed by atoms with E-state index in [0.717, 1.165) is 0 Å². The third-order valence-electron chi connectivity index (χ3n) is 3.05. The predicted molar refractivity (Wildman–Crippen MR) is 64.2 cm³/mol. The number of amides is 2. The van der Waals surface area contributed by atoms with Crippen LogP contribution in [0.1, 0.15) is 33.6 Å². The van der Waals surface area contributed by atoms with E-state index in [2.05, 4.69) is 0 Å². The molecule has 1 fully saturated rings. The smallest absolute Gasteiger partial charge is 0.222 e. The summed E-state index contributed by atoms with van der Waals surface area (Å²) < 4.78 is 5.56. The van der Waals surface area contributed by atoms with Gasteiger partial charge in [0.05, 0.1) is 12.2 Å². The molecule has 0 aromatic carbocycles. The average Bonchev–Trinajstić information content (AvgIpc) is 2.23. The van der Waals surface area contributed by atoms with Crippen molar-refractivity contribution in [2.45, 2.75) is 45.8 Å². The van der Waals surface area contributed by atoms with Crippen molar-refractivity contribution in [3.63, 3.8) is 0 Å². The van der Waals surface area contributed by atoms with Gasteiger partial charge in [-0.05, 0) is 20.3 Å². The topological polar surface area (TPSA) is 72.6 Å². The molecule has 0 saturated carbocycles. The van der Waals surface area contributed by atoms with E-state index >= 15 is 0 Å². The van der Waals surface area contributed by atoms with Gasteiger partial charge in [0, 0.05) is 25.4 Å². The van der Waals surface area contributed by atoms with Crippen molar-refractivity contribution >= 4 is 11.8 Å². The number of nitrogens with two attached hydrogens (primary N) is 1. The summed E-state index contributed by atoms with van der Waals surface area (Å²) in [5, 5.41) is 0. The SMILES string of the molecule is CC1CN(C(=O)CCC(C)C(N)=O)C[C@H](C)O1. The van der Waals surface area contributed by atoms with E-state index in [1.54, 1.807) is 6.92 Å². The summed E-state index contributed by atoms with van der Waals surface area (Å²) in [6.45, 7) is 6.94. The molecule has 1 rings (SSSR count). The molecule has 3 atom stereocenters. The van der Waals surface area contributed by atoms with Crippen molar-refractivity contribution in [2.75, 3.05) is 13.1 Å². The number of hydrogen-bond donors (Lipinski definition) is 1. The summed E-state index contributed by atoms with van der Waals surface area (Å²) in [5.41, 5.74) is 5.16. The molecule has 2 amide bonds. The lowest BCUT2D eigenvalue weighted by atomic mass is 10.0. The monoisotopic (exact) mass is 242 g/mol. The van der Waals surface area contributed by atoms with Crippen molar-refractivity contribution < 1.29 is 14.3 Å². The lowest BCUT2D eigenvalue weighted by molar-refractivity contribution is -0.143. The van der Waals surface area contributed by atoms with Crippen molar-refractivity contribution in [3.05, 3.63) is 0 Å². The van der Waals surface area contributed by atoms with Gasteiger partial charge in [-0.2, -0.15) is 0 Å². The van der Waals surface area contributed by atoms with E-state index in [-0.39, 0.29) is 29.9 Å². The maximum absolute atomic E-state index is 11.9. The molecule has 5 nitrogen and oxygen atoms in total. The Morgan fingerprint density at radius 1 is 1.35 bits per heavy atom. The number of ether oxygens (including phenoxy) is 1. The van der Waals surface area contributed by atoms with Crippen LogP contribution in [0.15, 0.2) is 0 Å². The third kappa shape index (κ3) is 4.34. The summed E-state index contributed by atoms with van der Waals surface area (Å²) in [7, 11) is 0. The van der Waals surface area contributed by atoms with Gasteiger partial charge in [0.2, 0.25) is 11.8 Å². The van der Waals surface area contributed by atoms with E-state index < -0.39 is 0 Å². The Labute approximate surface area is 102 Å². The van der Waals surface area contributed by atoms with E-state index in [1.807, 2.05) is 18.7 Å². The van der Waals surface area contributed by atoms with E-state index in [0.29, 0.717) is 25.9 Å². The highest BCUT2D eigenvalue weighted by atomic mass is 16.5. The van der Waals surface area contributed by atoms with Crippen LogP contribution in [0.5, 0.6) is 0 Å². The van der Waals surface area contributed by atoms with E-state index in [9.17, 15) is 9.59 Å². The average molecular weight is 242 g/mol. The second kappa shape index (κ2) is 6.00. The number of carbonyl (C=O) groups is 2. The molecule has 17 heavy (non-hydrogen) atoms. The number of carbonyl (C=O) groups excluding carboxylic acids is 2. The number of primary amides is 1. The highest BCUT2D eigenvalue weighted by Crippen LogP contribution is 2.14. The summed E-state index contributed by atoms with van der Waals surface area (Å²) in [5.74, 6) is -0.503. The Balaban J connectivity index is 2.39. The molecule has 0 spiro atoms. The lowest BCUT2D eigenvalue weighted by Gasteiger charge is -2.35. The van der Waals surface area contributed by atoms with E-state index in [1.165, 1.54) is 0 Å². The van der Waals surface area contributed by atoms with Gasteiger partial charge in [-0.3, -0.25) is 9.59 Å². The van der Waals surface area contributed by atoms with Gasteiger partial charge in [0.15, 0.2) is 0 Å². The second-order valence-electron chi connectivity index (χ2n) is 4.90. The van der Waals surface area contributed by atoms with Gasteiger partial charge in [-0.15, -0.1) is 0 Å². The number of hydrogen-bond acceptors (Lipinski definition) is 3. The van der Waals surface area contributed by atoms with Gasteiger partial charge >= 0.3 is 0 Å². The molecule has 1 saturated heterocycles. The number of nitrogens with zero attached hydrogens (tertiary/aromatic N) is 1. The summed E-state index contributed by atoms with van der Waals surface area (Å²) in [6.07, 6.45) is 1.06. The molecule has 1 heterocycles. The van der Waals surface area contributed by atoms with Gasteiger partial charge in [0.25, 0.3) is 0 Å². The van der Waals surface area contributed by atoms with Crippen LogP contribution in [-0.4, -0.2) is 42.0 Å². The zero-order valence-electron chi connectivity index (χ0n) is 10.8. The Morgan fingerprint density at radius 2 is 1.88 bits per heavy atom. The fourth-order valence-corrected chi connectivity index (χ4v) is 2.02. The van der Waals surface area contributed by atoms with Crippen molar-refractivity contribution in [1.29, 1.82) is 0 Å². The summed E-state index contributed by atoms with van der Waals surface area (Å²) >= 11 is 0. The fourth-order valence-electron chi connectivity index (χ4n) is 2.02. The molecule has 1 aliphatic heterocycles. The van der Waals surface area contributed by atoms with Crippen molar-refractivity contribution in [1.82, 2.24) is 4.90 Å². The molecule has 2 N–H and O–H groups in total.